The molecule has 0 saturated heterocycles. The fraction of sp³-hybridized carbons (Fsp3) is 0. The van der Waals surface area contributed by atoms with Crippen LogP contribution in [0.3, 0.4) is 0 Å². The Balaban J connectivity index is 2.15. The van der Waals surface area contributed by atoms with Crippen molar-refractivity contribution in [3.05, 3.63) is 64.0 Å². The Bertz CT molecular complexity index is 826. The number of hydrogen-bond donors (Lipinski definition) is 2. The van der Waals surface area contributed by atoms with E-state index in [1.807, 2.05) is 18.2 Å². The summed E-state index contributed by atoms with van der Waals surface area (Å²) in [7, 11) is 0. The number of aromatic nitrogens is 1. The Labute approximate surface area is 122 Å². The first-order valence-electron chi connectivity index (χ1n) is 5.93. The van der Waals surface area contributed by atoms with Crippen molar-refractivity contribution < 1.29 is 9.18 Å². The summed E-state index contributed by atoms with van der Waals surface area (Å²) in [4.78, 5) is 15.5. The highest BCUT2D eigenvalue weighted by atomic mass is 79.9. The third-order valence-electron chi connectivity index (χ3n) is 3.16. The molecule has 0 aliphatic carbocycles. The van der Waals surface area contributed by atoms with Gasteiger partial charge in [-0.25, -0.2) is 4.39 Å². The van der Waals surface area contributed by atoms with E-state index >= 15 is 0 Å². The van der Waals surface area contributed by atoms with Crippen molar-refractivity contribution in [2.45, 2.75) is 0 Å². The Morgan fingerprint density at radius 2 is 2.05 bits per heavy atom. The van der Waals surface area contributed by atoms with Gasteiger partial charge in [-0.05, 0) is 30.3 Å². The fourth-order valence-corrected chi connectivity index (χ4v) is 2.72. The van der Waals surface area contributed by atoms with Crippen LogP contribution in [-0.2, 0) is 0 Å². The Kier molecular flexibility index (Phi) is 3.06. The SMILES string of the molecule is Nc1ccc(C(=O)c2c[nH]c3cccc(Br)c23)cc1F. The molecule has 0 unspecified atom stereocenters. The Morgan fingerprint density at radius 1 is 1.25 bits per heavy atom. The first-order chi connectivity index (χ1) is 9.58. The van der Waals surface area contributed by atoms with Gasteiger partial charge in [-0.15, -0.1) is 0 Å². The van der Waals surface area contributed by atoms with Gasteiger partial charge in [0.05, 0.1) is 5.69 Å². The average Bonchev–Trinajstić information content (AvgIpc) is 2.86. The monoisotopic (exact) mass is 332 g/mol. The highest BCUT2D eigenvalue weighted by Crippen LogP contribution is 2.28. The number of nitrogen functional groups attached to an aromatic ring is 1. The van der Waals surface area contributed by atoms with E-state index in [0.29, 0.717) is 5.56 Å². The third kappa shape index (κ3) is 2.00. The van der Waals surface area contributed by atoms with E-state index in [1.165, 1.54) is 12.1 Å². The molecule has 0 radical (unpaired) electrons. The van der Waals surface area contributed by atoms with Crippen molar-refractivity contribution in [2.75, 3.05) is 5.73 Å². The molecule has 0 bridgehead atoms. The van der Waals surface area contributed by atoms with Crippen LogP contribution in [-0.4, -0.2) is 10.8 Å². The molecule has 0 spiro atoms. The van der Waals surface area contributed by atoms with Crippen molar-refractivity contribution in [1.29, 1.82) is 0 Å². The molecular weight excluding hydrogens is 323 g/mol. The van der Waals surface area contributed by atoms with Gasteiger partial charge in [-0.2, -0.15) is 0 Å². The van der Waals surface area contributed by atoms with Gasteiger partial charge >= 0.3 is 0 Å². The minimum atomic E-state index is -0.588. The molecule has 3 N–H and O–H groups in total. The molecule has 1 aromatic heterocycles. The van der Waals surface area contributed by atoms with Gasteiger partial charge in [0.15, 0.2) is 5.78 Å². The van der Waals surface area contributed by atoms with Gasteiger partial charge in [0.2, 0.25) is 0 Å². The normalized spacial score (nSPS) is 10.9. The number of halogens is 2. The average molecular weight is 333 g/mol. The molecule has 2 aromatic carbocycles. The molecule has 100 valence electrons. The van der Waals surface area contributed by atoms with Gasteiger partial charge < -0.3 is 10.7 Å². The zero-order valence-corrected chi connectivity index (χ0v) is 11.9. The molecule has 20 heavy (non-hydrogen) atoms. The van der Waals surface area contributed by atoms with Gasteiger partial charge in [-0.1, -0.05) is 22.0 Å². The van der Waals surface area contributed by atoms with Gasteiger partial charge in [0.1, 0.15) is 5.82 Å². The molecule has 0 atom stereocenters. The quantitative estimate of drug-likeness (QED) is 0.552. The van der Waals surface area contributed by atoms with Crippen LogP contribution in [0.15, 0.2) is 47.1 Å². The van der Waals surface area contributed by atoms with E-state index < -0.39 is 5.82 Å². The largest absolute Gasteiger partial charge is 0.396 e. The van der Waals surface area contributed by atoms with Crippen LogP contribution < -0.4 is 5.73 Å². The van der Waals surface area contributed by atoms with Crippen LogP contribution >= 0.6 is 15.9 Å². The molecule has 3 nitrogen and oxygen atoms in total. The second-order valence-corrected chi connectivity index (χ2v) is 5.28. The minimum Gasteiger partial charge on any atom is -0.396 e. The van der Waals surface area contributed by atoms with Crippen LogP contribution in [0.1, 0.15) is 15.9 Å². The molecule has 3 aromatic rings. The predicted octanol–water partition coefficient (Wildman–Crippen LogP) is 3.88. The number of nitrogens with one attached hydrogen (secondary N) is 1. The molecule has 0 saturated carbocycles. The number of anilines is 1. The fourth-order valence-electron chi connectivity index (χ4n) is 2.14. The molecular formula is C15H10BrFN2O. The van der Waals surface area contributed by atoms with Gasteiger partial charge in [0, 0.05) is 32.7 Å². The summed E-state index contributed by atoms with van der Waals surface area (Å²) >= 11 is 3.43. The zero-order chi connectivity index (χ0) is 14.3. The van der Waals surface area contributed by atoms with Crippen molar-refractivity contribution in [2.24, 2.45) is 0 Å². The summed E-state index contributed by atoms with van der Waals surface area (Å²) in [5, 5.41) is 0.787. The lowest BCUT2D eigenvalue weighted by Crippen LogP contribution is -2.02. The molecule has 3 rings (SSSR count). The summed E-state index contributed by atoms with van der Waals surface area (Å²) in [6, 6.07) is 9.69. The zero-order valence-electron chi connectivity index (χ0n) is 10.3. The number of carbonyl (C=O) groups excluding carboxylic acids is 1. The molecule has 0 amide bonds. The van der Waals surface area contributed by atoms with E-state index in [2.05, 4.69) is 20.9 Å². The van der Waals surface area contributed by atoms with Crippen molar-refractivity contribution in [3.63, 3.8) is 0 Å². The number of H-pyrrole nitrogens is 1. The highest BCUT2D eigenvalue weighted by molar-refractivity contribution is 9.10. The number of carbonyl (C=O) groups is 1. The molecule has 0 aliphatic rings. The summed E-state index contributed by atoms with van der Waals surface area (Å²) in [5.41, 5.74) is 7.07. The summed E-state index contributed by atoms with van der Waals surface area (Å²) in [6.07, 6.45) is 1.63. The topological polar surface area (TPSA) is 58.9 Å². The molecule has 0 aliphatic heterocycles. The number of hydrogen-bond acceptors (Lipinski definition) is 2. The van der Waals surface area contributed by atoms with Gasteiger partial charge in [0.25, 0.3) is 0 Å². The summed E-state index contributed by atoms with van der Waals surface area (Å²) in [5.74, 6) is -0.836. The van der Waals surface area contributed by atoms with Gasteiger partial charge in [-0.3, -0.25) is 4.79 Å². The lowest BCUT2D eigenvalue weighted by atomic mass is 10.0. The number of fused-ring (bicyclic) bond motifs is 1. The van der Waals surface area contributed by atoms with Crippen molar-refractivity contribution in [1.82, 2.24) is 4.98 Å². The number of ketones is 1. The second kappa shape index (κ2) is 4.76. The van der Waals surface area contributed by atoms with E-state index in [9.17, 15) is 9.18 Å². The van der Waals surface area contributed by atoms with Crippen LogP contribution in [0, 0.1) is 5.82 Å². The van der Waals surface area contributed by atoms with E-state index in [-0.39, 0.29) is 17.0 Å². The summed E-state index contributed by atoms with van der Waals surface area (Å²) in [6.45, 7) is 0. The maximum absolute atomic E-state index is 13.5. The Hall–Kier alpha value is -2.14. The number of benzene rings is 2. The van der Waals surface area contributed by atoms with Crippen molar-refractivity contribution in [3.8, 4) is 0 Å². The van der Waals surface area contributed by atoms with E-state index in [4.69, 9.17) is 5.73 Å². The molecule has 1 heterocycles. The second-order valence-electron chi connectivity index (χ2n) is 4.43. The number of rotatable bonds is 2. The smallest absolute Gasteiger partial charge is 0.195 e. The maximum Gasteiger partial charge on any atom is 0.195 e. The molecule has 5 heteroatoms. The van der Waals surface area contributed by atoms with Crippen LogP contribution in [0.4, 0.5) is 10.1 Å². The standard InChI is InChI=1S/C15H10BrFN2O/c16-10-2-1-3-13-14(10)9(7-19-13)15(20)8-4-5-12(18)11(17)6-8/h1-7,19H,18H2. The predicted molar refractivity (Wildman–Crippen MR) is 80.2 cm³/mol. The maximum atomic E-state index is 13.5. The minimum absolute atomic E-state index is 0.0293. The van der Waals surface area contributed by atoms with E-state index in [0.717, 1.165) is 21.4 Å². The third-order valence-corrected chi connectivity index (χ3v) is 3.82. The number of aromatic amines is 1. The lowest BCUT2D eigenvalue weighted by Gasteiger charge is -2.03. The van der Waals surface area contributed by atoms with Crippen LogP contribution in [0.2, 0.25) is 0 Å². The number of nitrogens with two attached hydrogens (primary N) is 1. The Morgan fingerprint density at radius 3 is 2.80 bits per heavy atom. The van der Waals surface area contributed by atoms with Crippen LogP contribution in [0.25, 0.3) is 10.9 Å². The lowest BCUT2D eigenvalue weighted by molar-refractivity contribution is 0.104. The first kappa shape index (κ1) is 12.9. The van der Waals surface area contributed by atoms with Crippen molar-refractivity contribution >= 4 is 38.3 Å². The summed E-state index contributed by atoms with van der Waals surface area (Å²) < 4.78 is 14.3. The highest BCUT2D eigenvalue weighted by Gasteiger charge is 2.17. The molecule has 0 fully saturated rings. The first-order valence-corrected chi connectivity index (χ1v) is 6.72. The van der Waals surface area contributed by atoms with E-state index in [1.54, 1.807) is 6.20 Å². The van der Waals surface area contributed by atoms with Crippen LogP contribution in [0.5, 0.6) is 0 Å².